The van der Waals surface area contributed by atoms with Gasteiger partial charge in [0, 0.05) is 18.8 Å². The number of nitrogens with zero attached hydrogens (tertiary/aromatic N) is 3. The van der Waals surface area contributed by atoms with Crippen molar-refractivity contribution in [3.8, 4) is 11.6 Å². The Morgan fingerprint density at radius 1 is 0.981 bits per heavy atom. The van der Waals surface area contributed by atoms with E-state index in [4.69, 9.17) is 28.7 Å². The molecule has 14 nitrogen and oxygen atoms in total. The van der Waals surface area contributed by atoms with Gasteiger partial charge in [-0.25, -0.2) is 24.2 Å². The fourth-order valence-corrected chi connectivity index (χ4v) is 6.19. The number of nitrogens with one attached hydrogen (secondary N) is 1. The first-order chi connectivity index (χ1) is 24.2. The Hall–Kier alpha value is -4.36. The maximum atomic E-state index is 13.0. The molecule has 288 valence electrons. The lowest BCUT2D eigenvalue weighted by Crippen LogP contribution is -2.51. The van der Waals surface area contributed by atoms with Gasteiger partial charge >= 0.3 is 24.1 Å². The minimum atomic E-state index is -0.891. The smallest absolute Gasteiger partial charge is 0.411 e. The van der Waals surface area contributed by atoms with Crippen LogP contribution >= 0.6 is 0 Å². The largest absolute Gasteiger partial charge is 0.507 e. The molecule has 2 amide bonds. The van der Waals surface area contributed by atoms with Crippen LogP contribution in [0.15, 0.2) is 18.5 Å². The predicted molar refractivity (Wildman–Crippen MR) is 192 cm³/mol. The molecule has 2 aliphatic rings. The van der Waals surface area contributed by atoms with E-state index in [9.17, 15) is 24.3 Å². The maximum Gasteiger partial charge on any atom is 0.411 e. The van der Waals surface area contributed by atoms with E-state index in [0.717, 1.165) is 32.1 Å². The minimum absolute atomic E-state index is 0.0289. The molecule has 1 unspecified atom stereocenters. The van der Waals surface area contributed by atoms with Crippen LogP contribution in [0.2, 0.25) is 0 Å². The molecule has 2 aromatic heterocycles. The van der Waals surface area contributed by atoms with Crippen LogP contribution in [-0.2, 0) is 35.0 Å². The van der Waals surface area contributed by atoms with E-state index in [1.807, 2.05) is 20.8 Å². The summed E-state index contributed by atoms with van der Waals surface area (Å²) >= 11 is 0. The third-order valence-electron chi connectivity index (χ3n) is 8.85. The third kappa shape index (κ3) is 11.1. The number of carbonyl (C=O) groups is 4. The van der Waals surface area contributed by atoms with Crippen molar-refractivity contribution in [2.45, 2.75) is 143 Å². The Morgan fingerprint density at radius 3 is 2.31 bits per heavy atom. The summed E-state index contributed by atoms with van der Waals surface area (Å²) < 4.78 is 28.0. The van der Waals surface area contributed by atoms with Crippen LogP contribution in [0.1, 0.15) is 106 Å². The highest BCUT2D eigenvalue weighted by atomic mass is 16.6. The van der Waals surface area contributed by atoms with E-state index in [1.165, 1.54) is 12.0 Å². The number of aromatic nitrogens is 2. The van der Waals surface area contributed by atoms with E-state index in [0.29, 0.717) is 22.9 Å². The van der Waals surface area contributed by atoms with Gasteiger partial charge in [-0.2, -0.15) is 0 Å². The number of hydrogen-bond acceptors (Lipinski definition) is 12. The first-order valence-corrected chi connectivity index (χ1v) is 18.1. The standard InChI is InChI=1S/C38H56N4O10/c1-36(2,3)30(33(45)51-37(4,5)6)41-34(46)50-28-18-22(28)14-12-11-13-15-24-29(43)25-20-39-17-16-26(25)40-31(24)49-23-19-27(32(44)48-10)42(21-23)35(47)52-38(7,8)9/h16-17,20,22-23,27-28,30H,11-15,18-19,21H2,1-10H3,(H,40,43)(H,41,46)/t22-,23?,27+,28-,30-/m1/s1. The number of carbonyl (C=O) groups excluding carboxylic acids is 4. The highest BCUT2D eigenvalue weighted by molar-refractivity contribution is 5.86. The van der Waals surface area contributed by atoms with Crippen molar-refractivity contribution < 1.29 is 48.0 Å². The third-order valence-corrected chi connectivity index (χ3v) is 8.85. The Morgan fingerprint density at radius 2 is 1.67 bits per heavy atom. The van der Waals surface area contributed by atoms with Crippen molar-refractivity contribution in [1.82, 2.24) is 20.2 Å². The first-order valence-electron chi connectivity index (χ1n) is 18.1. The lowest BCUT2D eigenvalue weighted by Gasteiger charge is -2.32. The summed E-state index contributed by atoms with van der Waals surface area (Å²) in [5, 5.41) is 14.5. The minimum Gasteiger partial charge on any atom is -0.507 e. The van der Waals surface area contributed by atoms with Gasteiger partial charge in [0.2, 0.25) is 5.88 Å². The summed E-state index contributed by atoms with van der Waals surface area (Å²) in [6.45, 7) is 16.2. The molecule has 0 radical (unpaired) electrons. The molecule has 1 aliphatic carbocycles. The summed E-state index contributed by atoms with van der Waals surface area (Å²) in [6, 6.07) is -0.0634. The van der Waals surface area contributed by atoms with Gasteiger partial charge in [0.1, 0.15) is 41.2 Å². The first kappa shape index (κ1) is 40.4. The van der Waals surface area contributed by atoms with E-state index in [2.05, 4.69) is 10.3 Å². The molecule has 0 aromatic carbocycles. The molecule has 0 bridgehead atoms. The summed E-state index contributed by atoms with van der Waals surface area (Å²) in [5.74, 6) is -0.576. The van der Waals surface area contributed by atoms with Crippen LogP contribution in [-0.4, -0.2) is 93.2 Å². The number of likely N-dealkylation sites (tertiary alicyclic amines) is 1. The second-order valence-electron chi connectivity index (χ2n) is 16.8. The molecule has 2 aromatic rings. The lowest BCUT2D eigenvalue weighted by molar-refractivity contribution is -0.160. The Balaban J connectivity index is 1.33. The second-order valence-corrected chi connectivity index (χ2v) is 16.8. The monoisotopic (exact) mass is 728 g/mol. The molecule has 1 saturated carbocycles. The number of alkyl carbamates (subject to hydrolysis) is 1. The number of ether oxygens (including phenoxy) is 5. The number of fused-ring (bicyclic) bond motifs is 1. The molecule has 52 heavy (non-hydrogen) atoms. The van der Waals surface area contributed by atoms with Gasteiger partial charge in [0.25, 0.3) is 0 Å². The molecular weight excluding hydrogens is 672 g/mol. The predicted octanol–water partition coefficient (Wildman–Crippen LogP) is 6.24. The fraction of sp³-hybridized carbons (Fsp3) is 0.684. The number of esters is 2. The van der Waals surface area contributed by atoms with E-state index < -0.39 is 58.9 Å². The van der Waals surface area contributed by atoms with Gasteiger partial charge in [0.15, 0.2) is 0 Å². The number of methoxy groups -OCH3 is 1. The number of aromatic hydroxyl groups is 1. The van der Waals surface area contributed by atoms with Crippen LogP contribution in [0.25, 0.3) is 10.9 Å². The second kappa shape index (κ2) is 16.1. The number of rotatable bonds is 12. The average molecular weight is 729 g/mol. The molecular formula is C38H56N4O10. The summed E-state index contributed by atoms with van der Waals surface area (Å²) in [4.78, 5) is 61.3. The van der Waals surface area contributed by atoms with Crippen molar-refractivity contribution in [1.29, 1.82) is 0 Å². The van der Waals surface area contributed by atoms with Crippen molar-refractivity contribution >= 4 is 35.0 Å². The number of hydrogen-bond donors (Lipinski definition) is 2. The zero-order chi connectivity index (χ0) is 38.6. The zero-order valence-corrected chi connectivity index (χ0v) is 32.2. The van der Waals surface area contributed by atoms with Crippen molar-refractivity contribution in [3.63, 3.8) is 0 Å². The molecule has 2 N–H and O–H groups in total. The van der Waals surface area contributed by atoms with E-state index >= 15 is 0 Å². The number of unbranched alkanes of at least 4 members (excludes halogenated alkanes) is 2. The summed E-state index contributed by atoms with van der Waals surface area (Å²) in [7, 11) is 1.27. The molecule has 2 fully saturated rings. The van der Waals surface area contributed by atoms with Crippen molar-refractivity contribution in [3.05, 3.63) is 24.0 Å². The topological polar surface area (TPSA) is 176 Å². The van der Waals surface area contributed by atoms with Crippen molar-refractivity contribution in [2.75, 3.05) is 13.7 Å². The number of pyridine rings is 2. The lowest BCUT2D eigenvalue weighted by atomic mass is 9.86. The van der Waals surface area contributed by atoms with Crippen molar-refractivity contribution in [2.24, 2.45) is 11.3 Å². The molecule has 4 rings (SSSR count). The zero-order valence-electron chi connectivity index (χ0n) is 32.2. The maximum absolute atomic E-state index is 13.0. The average Bonchev–Trinajstić information content (AvgIpc) is 3.61. The van der Waals surface area contributed by atoms with Crippen LogP contribution in [0, 0.1) is 11.3 Å². The van der Waals surface area contributed by atoms with E-state index in [1.54, 1.807) is 60.0 Å². The SMILES string of the molecule is COC(=O)[C@@H]1CC(Oc2nc3ccncc3c(O)c2CCCCC[C@@H]2C[C@H]2OC(=O)N[C@H](C(=O)OC(C)(C)C)C(C)(C)C)CN1C(=O)OC(C)(C)C. The van der Waals surface area contributed by atoms with Gasteiger partial charge in [0.05, 0.1) is 30.1 Å². The van der Waals surface area contributed by atoms with Crippen LogP contribution in [0.5, 0.6) is 11.6 Å². The highest BCUT2D eigenvalue weighted by Gasteiger charge is 2.44. The quantitative estimate of drug-likeness (QED) is 0.143. The molecule has 0 spiro atoms. The van der Waals surface area contributed by atoms with Crippen LogP contribution < -0.4 is 10.1 Å². The normalized spacial score (nSPS) is 20.9. The molecule has 1 saturated heterocycles. The van der Waals surface area contributed by atoms with Crippen LogP contribution in [0.3, 0.4) is 0 Å². The highest BCUT2D eigenvalue weighted by Crippen LogP contribution is 2.40. The number of amides is 2. The molecule has 3 heterocycles. The Kier molecular flexibility index (Phi) is 12.5. The Labute approximate surface area is 306 Å². The molecule has 14 heteroatoms. The van der Waals surface area contributed by atoms with Crippen LogP contribution in [0.4, 0.5) is 9.59 Å². The molecule has 1 aliphatic heterocycles. The van der Waals surface area contributed by atoms with Gasteiger partial charge in [-0.15, -0.1) is 0 Å². The summed E-state index contributed by atoms with van der Waals surface area (Å²) in [6.07, 6.45) is 5.74. The fourth-order valence-electron chi connectivity index (χ4n) is 6.19. The molecule has 5 atom stereocenters. The summed E-state index contributed by atoms with van der Waals surface area (Å²) in [5.41, 5.74) is -0.983. The van der Waals surface area contributed by atoms with Gasteiger partial charge in [-0.05, 0) is 84.6 Å². The van der Waals surface area contributed by atoms with Gasteiger partial charge in [-0.1, -0.05) is 33.6 Å². The van der Waals surface area contributed by atoms with Gasteiger partial charge in [-0.3, -0.25) is 9.88 Å². The van der Waals surface area contributed by atoms with Gasteiger partial charge < -0.3 is 34.1 Å². The van der Waals surface area contributed by atoms with E-state index in [-0.39, 0.29) is 36.6 Å². The Bertz CT molecular complexity index is 1610.